The maximum atomic E-state index is 6.36. The van der Waals surface area contributed by atoms with E-state index in [1.54, 1.807) is 0 Å². The summed E-state index contributed by atoms with van der Waals surface area (Å²) in [6, 6.07) is 0. The molecular formula is C11H25ClSi. The minimum Gasteiger partial charge on any atom is -0.167 e. The SMILES string of the molecule is CCCCCCCC(C)[Si](C)(C)Cl. The van der Waals surface area contributed by atoms with Gasteiger partial charge in [-0.15, -0.1) is 0 Å². The lowest BCUT2D eigenvalue weighted by molar-refractivity contribution is 0.597. The summed E-state index contributed by atoms with van der Waals surface area (Å²) in [4.78, 5) is 0. The Balaban J connectivity index is 3.32. The van der Waals surface area contributed by atoms with Crippen molar-refractivity contribution in [3.05, 3.63) is 0 Å². The zero-order chi connectivity index (χ0) is 10.3. The number of rotatable bonds is 7. The molecule has 0 rings (SSSR count). The van der Waals surface area contributed by atoms with Gasteiger partial charge in [0.25, 0.3) is 0 Å². The summed E-state index contributed by atoms with van der Waals surface area (Å²) >= 11 is 6.36. The van der Waals surface area contributed by atoms with E-state index >= 15 is 0 Å². The largest absolute Gasteiger partial charge is 0.167 e. The average molecular weight is 221 g/mol. The van der Waals surface area contributed by atoms with E-state index in [2.05, 4.69) is 26.9 Å². The van der Waals surface area contributed by atoms with Crippen molar-refractivity contribution in [2.24, 2.45) is 0 Å². The van der Waals surface area contributed by atoms with Gasteiger partial charge in [-0.2, -0.15) is 11.1 Å². The van der Waals surface area contributed by atoms with Crippen LogP contribution in [0.3, 0.4) is 0 Å². The number of halogens is 1. The molecule has 0 heterocycles. The van der Waals surface area contributed by atoms with Crippen LogP contribution in [0, 0.1) is 0 Å². The number of hydrogen-bond acceptors (Lipinski definition) is 0. The van der Waals surface area contributed by atoms with Gasteiger partial charge in [0, 0.05) is 0 Å². The fourth-order valence-corrected chi connectivity index (χ4v) is 2.62. The van der Waals surface area contributed by atoms with E-state index in [4.69, 9.17) is 11.1 Å². The maximum Gasteiger partial charge on any atom is 0.153 e. The Morgan fingerprint density at radius 2 is 1.62 bits per heavy atom. The molecular weight excluding hydrogens is 196 g/mol. The number of hydrogen-bond donors (Lipinski definition) is 0. The fourth-order valence-electron chi connectivity index (χ4n) is 1.40. The molecule has 0 saturated carbocycles. The fraction of sp³-hybridized carbons (Fsp3) is 1.00. The summed E-state index contributed by atoms with van der Waals surface area (Å²) in [5, 5.41) is 0. The minimum atomic E-state index is -1.36. The molecule has 0 N–H and O–H groups in total. The van der Waals surface area contributed by atoms with Crippen molar-refractivity contribution < 1.29 is 0 Å². The molecule has 0 aliphatic carbocycles. The van der Waals surface area contributed by atoms with E-state index in [1.165, 1.54) is 38.5 Å². The summed E-state index contributed by atoms with van der Waals surface area (Å²) in [6.45, 7) is 9.09. The highest BCUT2D eigenvalue weighted by atomic mass is 35.6. The van der Waals surface area contributed by atoms with E-state index in [1.807, 2.05) is 0 Å². The van der Waals surface area contributed by atoms with Crippen LogP contribution in [0.1, 0.15) is 52.4 Å². The Kier molecular flexibility index (Phi) is 7.16. The van der Waals surface area contributed by atoms with Gasteiger partial charge in [-0.1, -0.05) is 65.5 Å². The second-order valence-electron chi connectivity index (χ2n) is 4.67. The smallest absolute Gasteiger partial charge is 0.153 e. The van der Waals surface area contributed by atoms with Crippen LogP contribution in [-0.2, 0) is 0 Å². The van der Waals surface area contributed by atoms with E-state index in [0.29, 0.717) is 0 Å². The molecule has 0 aromatic rings. The lowest BCUT2D eigenvalue weighted by atomic mass is 10.1. The Morgan fingerprint density at radius 1 is 1.08 bits per heavy atom. The first-order valence-electron chi connectivity index (χ1n) is 5.67. The van der Waals surface area contributed by atoms with Gasteiger partial charge in [0.1, 0.15) is 0 Å². The predicted molar refractivity (Wildman–Crippen MR) is 66.1 cm³/mol. The Morgan fingerprint density at radius 3 is 2.08 bits per heavy atom. The second kappa shape index (κ2) is 6.89. The first kappa shape index (κ1) is 13.5. The van der Waals surface area contributed by atoms with Crippen LogP contribution in [-0.4, -0.2) is 7.38 Å². The van der Waals surface area contributed by atoms with Crippen molar-refractivity contribution in [2.45, 2.75) is 71.0 Å². The van der Waals surface area contributed by atoms with Crippen molar-refractivity contribution in [2.75, 3.05) is 0 Å². The normalized spacial score (nSPS) is 14.5. The molecule has 0 spiro atoms. The second-order valence-corrected chi connectivity index (χ2v) is 11.7. The molecule has 0 aliphatic rings. The molecule has 1 unspecified atom stereocenters. The van der Waals surface area contributed by atoms with E-state index in [9.17, 15) is 0 Å². The molecule has 2 heteroatoms. The zero-order valence-corrected chi connectivity index (χ0v) is 11.5. The molecule has 13 heavy (non-hydrogen) atoms. The summed E-state index contributed by atoms with van der Waals surface area (Å²) < 4.78 is 0. The third-order valence-electron chi connectivity index (χ3n) is 2.91. The molecule has 1 atom stereocenters. The molecule has 80 valence electrons. The van der Waals surface area contributed by atoms with Gasteiger partial charge in [-0.05, 0) is 5.54 Å². The van der Waals surface area contributed by atoms with Crippen LogP contribution in [0.5, 0.6) is 0 Å². The molecule has 0 saturated heterocycles. The summed E-state index contributed by atoms with van der Waals surface area (Å²) in [7, 11) is -1.36. The highest BCUT2D eigenvalue weighted by molar-refractivity contribution is 7.19. The van der Waals surface area contributed by atoms with E-state index in [0.717, 1.165) is 5.54 Å². The van der Waals surface area contributed by atoms with Crippen LogP contribution < -0.4 is 0 Å². The van der Waals surface area contributed by atoms with Crippen molar-refractivity contribution in [1.82, 2.24) is 0 Å². The molecule has 0 aliphatic heterocycles. The highest BCUT2D eigenvalue weighted by Gasteiger charge is 2.24. The minimum absolute atomic E-state index is 0.774. The predicted octanol–water partition coefficient (Wildman–Crippen LogP) is 5.18. The van der Waals surface area contributed by atoms with Crippen LogP contribution >= 0.6 is 11.1 Å². The summed E-state index contributed by atoms with van der Waals surface area (Å²) in [5.74, 6) is 0. The van der Waals surface area contributed by atoms with Gasteiger partial charge in [0.2, 0.25) is 0 Å². The van der Waals surface area contributed by atoms with Gasteiger partial charge in [0.15, 0.2) is 7.38 Å². The summed E-state index contributed by atoms with van der Waals surface area (Å²) in [5.41, 5.74) is 0.774. The number of unbranched alkanes of at least 4 members (excludes halogenated alkanes) is 4. The third-order valence-corrected chi connectivity index (χ3v) is 6.66. The Bertz CT molecular complexity index is 118. The van der Waals surface area contributed by atoms with Gasteiger partial charge >= 0.3 is 0 Å². The zero-order valence-electron chi connectivity index (χ0n) is 9.70. The lowest BCUT2D eigenvalue weighted by Gasteiger charge is -2.21. The topological polar surface area (TPSA) is 0 Å². The average Bonchev–Trinajstić information content (AvgIpc) is 2.02. The standard InChI is InChI=1S/C11H25ClSi/c1-5-6-7-8-9-10-11(2)13(3,4)12/h11H,5-10H2,1-4H3. The van der Waals surface area contributed by atoms with Crippen LogP contribution in [0.2, 0.25) is 18.6 Å². The summed E-state index contributed by atoms with van der Waals surface area (Å²) in [6.07, 6.45) is 8.27. The molecule has 0 fully saturated rings. The molecule has 0 aromatic carbocycles. The van der Waals surface area contributed by atoms with E-state index < -0.39 is 7.38 Å². The Labute approximate surface area is 89.8 Å². The van der Waals surface area contributed by atoms with Crippen LogP contribution in [0.4, 0.5) is 0 Å². The van der Waals surface area contributed by atoms with Crippen LogP contribution in [0.25, 0.3) is 0 Å². The molecule has 0 aromatic heterocycles. The monoisotopic (exact) mass is 220 g/mol. The van der Waals surface area contributed by atoms with Gasteiger partial charge in [-0.25, -0.2) is 0 Å². The van der Waals surface area contributed by atoms with E-state index in [-0.39, 0.29) is 0 Å². The van der Waals surface area contributed by atoms with Crippen molar-refractivity contribution in [3.63, 3.8) is 0 Å². The molecule has 0 nitrogen and oxygen atoms in total. The maximum absolute atomic E-state index is 6.36. The molecule has 0 bridgehead atoms. The molecule has 0 amide bonds. The van der Waals surface area contributed by atoms with Crippen molar-refractivity contribution in [3.8, 4) is 0 Å². The third kappa shape index (κ3) is 7.57. The van der Waals surface area contributed by atoms with Crippen molar-refractivity contribution >= 4 is 18.5 Å². The Hall–Kier alpha value is 0.507. The first-order chi connectivity index (χ1) is 5.98. The van der Waals surface area contributed by atoms with Crippen LogP contribution in [0.15, 0.2) is 0 Å². The molecule has 0 radical (unpaired) electrons. The van der Waals surface area contributed by atoms with Gasteiger partial charge < -0.3 is 0 Å². The van der Waals surface area contributed by atoms with Crippen molar-refractivity contribution in [1.29, 1.82) is 0 Å². The quantitative estimate of drug-likeness (QED) is 0.315. The van der Waals surface area contributed by atoms with Gasteiger partial charge in [0.05, 0.1) is 0 Å². The first-order valence-corrected chi connectivity index (χ1v) is 9.76. The van der Waals surface area contributed by atoms with Gasteiger partial charge in [-0.3, -0.25) is 0 Å². The highest BCUT2D eigenvalue weighted by Crippen LogP contribution is 2.30. The lowest BCUT2D eigenvalue weighted by Crippen LogP contribution is -2.22.